The Hall–Kier alpha value is -3.32. The number of fused-ring (bicyclic) bond motifs is 2. The van der Waals surface area contributed by atoms with Crippen LogP contribution in [0.15, 0.2) is 53.3 Å². The molecule has 2 aliphatic rings. The fraction of sp³-hybridized carbons (Fsp3) is 0.407. The molecule has 1 saturated carbocycles. The van der Waals surface area contributed by atoms with Crippen molar-refractivity contribution in [1.29, 1.82) is 0 Å². The maximum Gasteiger partial charge on any atom is 0.253 e. The molecule has 7 heteroatoms. The van der Waals surface area contributed by atoms with Gasteiger partial charge in [-0.05, 0) is 71.3 Å². The lowest BCUT2D eigenvalue weighted by Gasteiger charge is -2.35. The van der Waals surface area contributed by atoms with Crippen molar-refractivity contribution >= 4 is 10.9 Å². The van der Waals surface area contributed by atoms with Crippen molar-refractivity contribution in [1.82, 2.24) is 30.1 Å². The zero-order valence-corrected chi connectivity index (χ0v) is 19.6. The van der Waals surface area contributed by atoms with Gasteiger partial charge in [-0.25, -0.2) is 4.68 Å². The van der Waals surface area contributed by atoms with E-state index in [1.54, 1.807) is 0 Å². The van der Waals surface area contributed by atoms with Crippen molar-refractivity contribution in [2.45, 2.75) is 64.1 Å². The Morgan fingerprint density at radius 3 is 2.71 bits per heavy atom. The molecule has 1 N–H and O–H groups in total. The molecule has 34 heavy (non-hydrogen) atoms. The first-order chi connectivity index (χ1) is 16.7. The van der Waals surface area contributed by atoms with E-state index in [-0.39, 0.29) is 11.6 Å². The molecule has 174 valence electrons. The Morgan fingerprint density at radius 2 is 1.85 bits per heavy atom. The highest BCUT2D eigenvalue weighted by atomic mass is 16.1. The minimum absolute atomic E-state index is 0.0709. The number of aryl methyl sites for hydroxylation is 1. The summed E-state index contributed by atoms with van der Waals surface area (Å²) in [5, 5.41) is 14.1. The van der Waals surface area contributed by atoms with Crippen LogP contribution in [0.5, 0.6) is 0 Å². The molecular formula is C27H30N6O. The number of aromatic nitrogens is 5. The molecule has 1 aliphatic heterocycles. The fourth-order valence-corrected chi connectivity index (χ4v) is 5.75. The third kappa shape index (κ3) is 3.84. The topological polar surface area (TPSA) is 79.7 Å². The molecule has 1 fully saturated rings. The van der Waals surface area contributed by atoms with E-state index in [1.807, 2.05) is 22.9 Å². The summed E-state index contributed by atoms with van der Waals surface area (Å²) in [6, 6.07) is 16.8. The minimum Gasteiger partial charge on any atom is -0.322 e. The van der Waals surface area contributed by atoms with Crippen LogP contribution < -0.4 is 5.56 Å². The van der Waals surface area contributed by atoms with Crippen LogP contribution in [-0.4, -0.2) is 36.6 Å². The SMILES string of the molecule is Cc1ccc2[nH]c(=O)c(C(c3nnnn3C3CCCCC3)N3CCc4ccccc4C3)cc2c1. The standard InChI is InChI=1S/C27H30N6O/c1-18-11-12-24-21(15-18)16-23(27(34)28-24)25(32-14-13-19-7-5-6-8-20(19)17-32)26-29-30-31-33(26)22-9-3-2-4-10-22/h5-8,11-12,15-16,22,25H,2-4,9-10,13-14,17H2,1H3,(H,28,34). The van der Waals surface area contributed by atoms with Crippen LogP contribution >= 0.6 is 0 Å². The second-order valence-corrected chi connectivity index (χ2v) is 9.81. The number of hydrogen-bond acceptors (Lipinski definition) is 5. The minimum atomic E-state index is -0.307. The first kappa shape index (κ1) is 21.2. The Balaban J connectivity index is 1.49. The number of rotatable bonds is 4. The van der Waals surface area contributed by atoms with Gasteiger partial charge in [-0.15, -0.1) is 5.10 Å². The molecule has 0 saturated heterocycles. The Labute approximate surface area is 198 Å². The van der Waals surface area contributed by atoms with E-state index in [4.69, 9.17) is 0 Å². The highest BCUT2D eigenvalue weighted by Gasteiger charge is 2.34. The summed E-state index contributed by atoms with van der Waals surface area (Å²) < 4.78 is 2.02. The Morgan fingerprint density at radius 1 is 1.03 bits per heavy atom. The maximum atomic E-state index is 13.5. The van der Waals surface area contributed by atoms with E-state index in [9.17, 15) is 4.79 Å². The van der Waals surface area contributed by atoms with Crippen LogP contribution in [-0.2, 0) is 13.0 Å². The van der Waals surface area contributed by atoms with Gasteiger partial charge in [0.1, 0.15) is 6.04 Å². The van der Waals surface area contributed by atoms with Crippen LogP contribution in [0.1, 0.15) is 72.3 Å². The largest absolute Gasteiger partial charge is 0.322 e. The van der Waals surface area contributed by atoms with Crippen molar-refractivity contribution in [3.63, 3.8) is 0 Å². The predicted molar refractivity (Wildman–Crippen MR) is 132 cm³/mol. The lowest BCUT2D eigenvalue weighted by molar-refractivity contribution is 0.187. The molecule has 2 aromatic heterocycles. The smallest absolute Gasteiger partial charge is 0.253 e. The number of benzene rings is 2. The van der Waals surface area contributed by atoms with Gasteiger partial charge in [0.2, 0.25) is 0 Å². The third-order valence-corrected chi connectivity index (χ3v) is 7.53. The fourth-order valence-electron chi connectivity index (χ4n) is 5.75. The normalized spacial score (nSPS) is 18.1. The monoisotopic (exact) mass is 454 g/mol. The summed E-state index contributed by atoms with van der Waals surface area (Å²) in [6.07, 6.45) is 6.77. The van der Waals surface area contributed by atoms with Gasteiger partial charge < -0.3 is 4.98 Å². The molecule has 0 bridgehead atoms. The number of tetrazole rings is 1. The van der Waals surface area contributed by atoms with Crippen LogP contribution in [0.4, 0.5) is 0 Å². The molecule has 4 aromatic rings. The summed E-state index contributed by atoms with van der Waals surface area (Å²) in [5.74, 6) is 0.781. The lowest BCUT2D eigenvalue weighted by Crippen LogP contribution is -2.39. The van der Waals surface area contributed by atoms with Gasteiger partial charge in [0.05, 0.1) is 6.04 Å². The van der Waals surface area contributed by atoms with Crippen molar-refractivity contribution in [2.24, 2.45) is 0 Å². The van der Waals surface area contributed by atoms with Gasteiger partial charge in [-0.3, -0.25) is 9.69 Å². The first-order valence-corrected chi connectivity index (χ1v) is 12.4. The molecule has 3 heterocycles. The zero-order valence-electron chi connectivity index (χ0n) is 19.6. The van der Waals surface area contributed by atoms with Crippen LogP contribution in [0, 0.1) is 6.92 Å². The van der Waals surface area contributed by atoms with Crippen LogP contribution in [0.25, 0.3) is 10.9 Å². The highest BCUT2D eigenvalue weighted by Crippen LogP contribution is 2.35. The average molecular weight is 455 g/mol. The molecule has 1 aliphatic carbocycles. The molecule has 6 rings (SSSR count). The summed E-state index contributed by atoms with van der Waals surface area (Å²) in [7, 11) is 0. The van der Waals surface area contributed by atoms with Gasteiger partial charge in [-0.1, -0.05) is 55.2 Å². The summed E-state index contributed by atoms with van der Waals surface area (Å²) >= 11 is 0. The highest BCUT2D eigenvalue weighted by molar-refractivity contribution is 5.79. The zero-order chi connectivity index (χ0) is 23.1. The van der Waals surface area contributed by atoms with Gasteiger partial charge in [0.25, 0.3) is 5.56 Å². The molecule has 1 unspecified atom stereocenters. The van der Waals surface area contributed by atoms with E-state index >= 15 is 0 Å². The third-order valence-electron chi connectivity index (χ3n) is 7.53. The number of aromatic amines is 1. The molecule has 0 radical (unpaired) electrons. The lowest BCUT2D eigenvalue weighted by atomic mass is 9.94. The van der Waals surface area contributed by atoms with Crippen molar-refractivity contribution in [2.75, 3.05) is 6.54 Å². The molecule has 7 nitrogen and oxygen atoms in total. The van der Waals surface area contributed by atoms with E-state index in [0.29, 0.717) is 11.6 Å². The Bertz CT molecular complexity index is 1380. The molecular weight excluding hydrogens is 424 g/mol. The molecule has 1 atom stereocenters. The molecule has 0 spiro atoms. The van der Waals surface area contributed by atoms with E-state index < -0.39 is 0 Å². The summed E-state index contributed by atoms with van der Waals surface area (Å²) in [4.78, 5) is 19.0. The maximum absolute atomic E-state index is 13.5. The van der Waals surface area contributed by atoms with Gasteiger partial charge in [0, 0.05) is 24.2 Å². The number of H-pyrrole nitrogens is 1. The van der Waals surface area contributed by atoms with E-state index in [1.165, 1.54) is 36.0 Å². The predicted octanol–water partition coefficient (Wildman–Crippen LogP) is 4.48. The Kier molecular flexibility index (Phi) is 5.49. The van der Waals surface area contributed by atoms with Gasteiger partial charge >= 0.3 is 0 Å². The number of pyridine rings is 1. The summed E-state index contributed by atoms with van der Waals surface area (Å²) in [6.45, 7) is 3.70. The molecule has 2 aromatic carbocycles. The summed E-state index contributed by atoms with van der Waals surface area (Å²) in [5.41, 5.74) is 5.36. The quantitative estimate of drug-likeness (QED) is 0.492. The van der Waals surface area contributed by atoms with Gasteiger partial charge in [0.15, 0.2) is 5.82 Å². The van der Waals surface area contributed by atoms with E-state index in [0.717, 1.165) is 49.1 Å². The van der Waals surface area contributed by atoms with Crippen molar-refractivity contribution in [3.8, 4) is 0 Å². The number of nitrogens with one attached hydrogen (secondary N) is 1. The van der Waals surface area contributed by atoms with Crippen molar-refractivity contribution in [3.05, 3.63) is 87.0 Å². The molecule has 0 amide bonds. The van der Waals surface area contributed by atoms with E-state index in [2.05, 4.69) is 62.7 Å². The second kappa shape index (κ2) is 8.80. The van der Waals surface area contributed by atoms with Crippen LogP contribution in [0.2, 0.25) is 0 Å². The number of nitrogens with zero attached hydrogens (tertiary/aromatic N) is 5. The van der Waals surface area contributed by atoms with Crippen molar-refractivity contribution < 1.29 is 0 Å². The number of hydrogen-bond donors (Lipinski definition) is 1. The first-order valence-electron chi connectivity index (χ1n) is 12.4. The van der Waals surface area contributed by atoms with Gasteiger partial charge in [-0.2, -0.15) is 0 Å². The average Bonchev–Trinajstić information content (AvgIpc) is 3.35. The second-order valence-electron chi connectivity index (χ2n) is 9.81. The van der Waals surface area contributed by atoms with Crippen LogP contribution in [0.3, 0.4) is 0 Å².